The van der Waals surface area contributed by atoms with E-state index in [0.717, 1.165) is 16.8 Å². The van der Waals surface area contributed by atoms with Crippen molar-refractivity contribution in [1.29, 1.82) is 0 Å². The first kappa shape index (κ1) is 19.7. The van der Waals surface area contributed by atoms with Crippen molar-refractivity contribution < 1.29 is 19.5 Å². The molecule has 152 valence electrons. The SMILES string of the molecule is O=C(/C=C(\O)c1ccc2ccccc2n1)C(=O)NNC(=O)c1ccc2ccccc2n1. The van der Waals surface area contributed by atoms with Gasteiger partial charge in [0.05, 0.1) is 11.0 Å². The summed E-state index contributed by atoms with van der Waals surface area (Å²) in [4.78, 5) is 44.7. The molecule has 2 amide bonds. The summed E-state index contributed by atoms with van der Waals surface area (Å²) in [5.41, 5.74) is 5.61. The molecule has 2 aromatic carbocycles. The molecule has 4 aromatic rings. The van der Waals surface area contributed by atoms with Crippen molar-refractivity contribution in [1.82, 2.24) is 20.8 Å². The lowest BCUT2D eigenvalue weighted by Gasteiger charge is -2.06. The number of fused-ring (bicyclic) bond motifs is 2. The smallest absolute Gasteiger partial charge is 0.310 e. The number of aliphatic hydroxyl groups excluding tert-OH is 1. The second-order valence-electron chi connectivity index (χ2n) is 6.58. The van der Waals surface area contributed by atoms with Crippen molar-refractivity contribution >= 4 is 45.2 Å². The number of nitrogens with zero attached hydrogens (tertiary/aromatic N) is 2. The average Bonchev–Trinajstić information content (AvgIpc) is 2.81. The zero-order valence-electron chi connectivity index (χ0n) is 16.1. The lowest BCUT2D eigenvalue weighted by Crippen LogP contribution is -2.44. The van der Waals surface area contributed by atoms with Crippen LogP contribution in [0.4, 0.5) is 0 Å². The van der Waals surface area contributed by atoms with Crippen LogP contribution in [0.3, 0.4) is 0 Å². The summed E-state index contributed by atoms with van der Waals surface area (Å²) in [5.74, 6) is -3.33. The molecule has 4 rings (SSSR count). The molecular weight excluding hydrogens is 396 g/mol. The topological polar surface area (TPSA) is 121 Å². The first-order valence-corrected chi connectivity index (χ1v) is 9.28. The molecule has 8 nitrogen and oxygen atoms in total. The monoisotopic (exact) mass is 412 g/mol. The minimum absolute atomic E-state index is 0.0743. The van der Waals surface area contributed by atoms with E-state index in [-0.39, 0.29) is 11.4 Å². The zero-order valence-corrected chi connectivity index (χ0v) is 16.1. The van der Waals surface area contributed by atoms with Gasteiger partial charge in [-0.1, -0.05) is 48.5 Å². The number of nitrogens with one attached hydrogen (secondary N) is 2. The van der Waals surface area contributed by atoms with E-state index in [4.69, 9.17) is 0 Å². The minimum Gasteiger partial charge on any atom is -0.506 e. The Bertz CT molecular complexity index is 1360. The van der Waals surface area contributed by atoms with Gasteiger partial charge in [-0.3, -0.25) is 25.2 Å². The van der Waals surface area contributed by atoms with E-state index in [1.807, 2.05) is 29.7 Å². The van der Waals surface area contributed by atoms with Crippen LogP contribution in [0.2, 0.25) is 0 Å². The summed E-state index contributed by atoms with van der Waals surface area (Å²) in [5, 5.41) is 11.9. The van der Waals surface area contributed by atoms with Gasteiger partial charge in [-0.05, 0) is 24.3 Å². The molecule has 0 unspecified atom stereocenters. The van der Waals surface area contributed by atoms with E-state index in [9.17, 15) is 19.5 Å². The van der Waals surface area contributed by atoms with Gasteiger partial charge in [-0.2, -0.15) is 0 Å². The number of amides is 2. The van der Waals surface area contributed by atoms with Crippen molar-refractivity contribution in [2.75, 3.05) is 0 Å². The lowest BCUT2D eigenvalue weighted by molar-refractivity contribution is -0.135. The third-order valence-corrected chi connectivity index (χ3v) is 4.47. The highest BCUT2D eigenvalue weighted by atomic mass is 16.3. The van der Waals surface area contributed by atoms with Crippen LogP contribution in [0.1, 0.15) is 16.2 Å². The standard InChI is InChI=1S/C23H16N4O4/c28-20(18-11-9-14-5-1-3-7-16(14)24-18)13-21(29)23(31)27-26-22(30)19-12-10-15-6-2-4-8-17(15)25-19/h1-13,28H,(H,26,30)(H,27,31)/b20-13-. The quantitative estimate of drug-likeness (QED) is 0.205. The van der Waals surface area contributed by atoms with Gasteiger partial charge in [0.2, 0.25) is 5.78 Å². The van der Waals surface area contributed by atoms with E-state index in [2.05, 4.69) is 15.4 Å². The summed E-state index contributed by atoms with van der Waals surface area (Å²) in [6.45, 7) is 0. The molecule has 2 heterocycles. The van der Waals surface area contributed by atoms with Gasteiger partial charge in [0.1, 0.15) is 17.1 Å². The minimum atomic E-state index is -1.12. The Morgan fingerprint density at radius 2 is 1.26 bits per heavy atom. The van der Waals surface area contributed by atoms with Crippen LogP contribution in [0, 0.1) is 0 Å². The predicted molar refractivity (Wildman–Crippen MR) is 115 cm³/mol. The van der Waals surface area contributed by atoms with Crippen LogP contribution in [0.5, 0.6) is 0 Å². The van der Waals surface area contributed by atoms with Gasteiger partial charge in [0, 0.05) is 16.8 Å². The third kappa shape index (κ3) is 4.38. The maximum Gasteiger partial charge on any atom is 0.310 e. The Morgan fingerprint density at radius 3 is 1.90 bits per heavy atom. The van der Waals surface area contributed by atoms with Crippen molar-refractivity contribution in [3.8, 4) is 0 Å². The molecule has 0 fully saturated rings. The van der Waals surface area contributed by atoms with E-state index < -0.39 is 23.4 Å². The predicted octanol–water partition coefficient (Wildman–Crippen LogP) is 2.71. The molecular formula is C23H16N4O4. The Hall–Kier alpha value is -4.59. The highest BCUT2D eigenvalue weighted by molar-refractivity contribution is 6.41. The molecule has 0 radical (unpaired) electrons. The number of ketones is 1. The molecule has 3 N–H and O–H groups in total. The maximum absolute atomic E-state index is 12.2. The normalized spacial score (nSPS) is 11.3. The van der Waals surface area contributed by atoms with Crippen LogP contribution in [0.15, 0.2) is 78.9 Å². The number of hydrogen-bond donors (Lipinski definition) is 3. The molecule has 0 aliphatic rings. The molecule has 0 spiro atoms. The van der Waals surface area contributed by atoms with Gasteiger partial charge < -0.3 is 5.11 Å². The van der Waals surface area contributed by atoms with Crippen molar-refractivity contribution in [2.45, 2.75) is 0 Å². The molecule has 2 aromatic heterocycles. The molecule has 0 aliphatic heterocycles. The van der Waals surface area contributed by atoms with Gasteiger partial charge in [-0.15, -0.1) is 0 Å². The van der Waals surface area contributed by atoms with Crippen molar-refractivity contribution in [2.24, 2.45) is 0 Å². The molecule has 0 aliphatic carbocycles. The first-order valence-electron chi connectivity index (χ1n) is 9.28. The Morgan fingerprint density at radius 1 is 0.710 bits per heavy atom. The number of hydrogen-bond acceptors (Lipinski definition) is 6. The van der Waals surface area contributed by atoms with Gasteiger partial charge >= 0.3 is 5.91 Å². The fourth-order valence-corrected chi connectivity index (χ4v) is 2.90. The Balaban J connectivity index is 1.41. The Labute approximate surface area is 176 Å². The number of pyridine rings is 2. The number of carbonyl (C=O) groups is 3. The van der Waals surface area contributed by atoms with Crippen LogP contribution in [-0.4, -0.2) is 32.7 Å². The van der Waals surface area contributed by atoms with E-state index in [0.29, 0.717) is 11.0 Å². The summed E-state index contributed by atoms with van der Waals surface area (Å²) in [7, 11) is 0. The van der Waals surface area contributed by atoms with Gasteiger partial charge in [0.25, 0.3) is 5.91 Å². The Kier molecular flexibility index (Phi) is 5.35. The van der Waals surface area contributed by atoms with Crippen molar-refractivity contribution in [3.05, 3.63) is 90.3 Å². The fourth-order valence-electron chi connectivity index (χ4n) is 2.90. The van der Waals surface area contributed by atoms with Crippen molar-refractivity contribution in [3.63, 3.8) is 0 Å². The molecule has 8 heteroatoms. The molecule has 31 heavy (non-hydrogen) atoms. The largest absolute Gasteiger partial charge is 0.506 e. The van der Waals surface area contributed by atoms with Gasteiger partial charge in [-0.25, -0.2) is 9.97 Å². The summed E-state index contributed by atoms with van der Waals surface area (Å²) in [6, 6.07) is 21.0. The molecule has 0 saturated heterocycles. The summed E-state index contributed by atoms with van der Waals surface area (Å²) >= 11 is 0. The van der Waals surface area contributed by atoms with Crippen LogP contribution in [0.25, 0.3) is 27.6 Å². The zero-order chi connectivity index (χ0) is 21.8. The number of para-hydroxylation sites is 2. The second-order valence-corrected chi connectivity index (χ2v) is 6.58. The number of benzene rings is 2. The first-order chi connectivity index (χ1) is 15.0. The third-order valence-electron chi connectivity index (χ3n) is 4.47. The second kappa shape index (κ2) is 8.42. The number of aliphatic hydroxyl groups is 1. The summed E-state index contributed by atoms with van der Waals surface area (Å²) < 4.78 is 0. The van der Waals surface area contributed by atoms with Gasteiger partial charge in [0.15, 0.2) is 0 Å². The highest BCUT2D eigenvalue weighted by Crippen LogP contribution is 2.16. The number of carbonyl (C=O) groups excluding carboxylic acids is 3. The molecule has 0 bridgehead atoms. The van der Waals surface area contributed by atoms with E-state index in [1.165, 1.54) is 12.1 Å². The average molecular weight is 412 g/mol. The van der Waals surface area contributed by atoms with Crippen LogP contribution in [-0.2, 0) is 9.59 Å². The van der Waals surface area contributed by atoms with E-state index >= 15 is 0 Å². The maximum atomic E-state index is 12.2. The fraction of sp³-hybridized carbons (Fsp3) is 0. The summed E-state index contributed by atoms with van der Waals surface area (Å²) in [6.07, 6.45) is 0.743. The van der Waals surface area contributed by atoms with Crippen LogP contribution < -0.4 is 10.9 Å². The highest BCUT2D eigenvalue weighted by Gasteiger charge is 2.16. The number of rotatable bonds is 4. The van der Waals surface area contributed by atoms with Crippen LogP contribution >= 0.6 is 0 Å². The number of aromatic nitrogens is 2. The molecule has 0 saturated carbocycles. The lowest BCUT2D eigenvalue weighted by atomic mass is 10.2. The molecule has 0 atom stereocenters. The van der Waals surface area contributed by atoms with E-state index in [1.54, 1.807) is 36.4 Å². The number of hydrazine groups is 1.